The number of carbonyl (C=O) groups excluding carboxylic acids is 2. The maximum atomic E-state index is 13.6. The molecule has 7 nitrogen and oxygen atoms in total. The first-order chi connectivity index (χ1) is 17.5. The zero-order valence-electron chi connectivity index (χ0n) is 19.7. The Balaban J connectivity index is 1.41. The third kappa shape index (κ3) is 5.12. The number of amides is 2. The van der Waals surface area contributed by atoms with Crippen molar-refractivity contribution < 1.29 is 18.7 Å². The molecular formula is C28H25FN4O3. The Morgan fingerprint density at radius 3 is 2.36 bits per heavy atom. The van der Waals surface area contributed by atoms with Crippen molar-refractivity contribution in [1.82, 2.24) is 14.5 Å². The van der Waals surface area contributed by atoms with Gasteiger partial charge in [0.25, 0.3) is 5.91 Å². The van der Waals surface area contributed by atoms with Gasteiger partial charge >= 0.3 is 0 Å². The molecule has 0 spiro atoms. The predicted molar refractivity (Wildman–Crippen MR) is 135 cm³/mol. The van der Waals surface area contributed by atoms with Crippen LogP contribution >= 0.6 is 0 Å². The molecule has 0 radical (unpaired) electrons. The molecule has 3 aromatic carbocycles. The summed E-state index contributed by atoms with van der Waals surface area (Å²) >= 11 is 0. The van der Waals surface area contributed by atoms with Gasteiger partial charge in [0.2, 0.25) is 11.9 Å². The van der Waals surface area contributed by atoms with Crippen molar-refractivity contribution in [3.8, 4) is 22.7 Å². The van der Waals surface area contributed by atoms with Crippen LogP contribution < -0.4 is 10.1 Å². The van der Waals surface area contributed by atoms with Crippen LogP contribution in [0.25, 0.3) is 16.9 Å². The highest BCUT2D eigenvalue weighted by atomic mass is 19.1. The van der Waals surface area contributed by atoms with Crippen LogP contribution in [0.1, 0.15) is 23.2 Å². The molecule has 0 unspecified atom stereocenters. The van der Waals surface area contributed by atoms with E-state index in [2.05, 4.69) is 10.3 Å². The zero-order chi connectivity index (χ0) is 25.1. The molecule has 1 aliphatic carbocycles. The summed E-state index contributed by atoms with van der Waals surface area (Å²) in [5.41, 5.74) is 2.63. The number of ether oxygens (including phenoxy) is 1. The smallest absolute Gasteiger partial charge is 0.254 e. The Bertz CT molecular complexity index is 1360. The largest absolute Gasteiger partial charge is 0.497 e. The summed E-state index contributed by atoms with van der Waals surface area (Å²) in [4.78, 5) is 32.4. The van der Waals surface area contributed by atoms with Gasteiger partial charge in [-0.2, -0.15) is 0 Å². The van der Waals surface area contributed by atoms with Crippen molar-refractivity contribution >= 4 is 17.8 Å². The van der Waals surface area contributed by atoms with Crippen molar-refractivity contribution in [2.24, 2.45) is 0 Å². The first-order valence-corrected chi connectivity index (χ1v) is 11.7. The standard InChI is InChI=1S/C28H25FN4O3/c1-36-24-15-7-19(8-16-24)25-17-33(23-11-9-21(29)10-12-23)28(30-25)31-26(34)18-32(22-13-14-22)27(35)20-5-3-2-4-6-20/h2-12,15-17,22H,13-14,18H2,1H3,(H,30,31,34). The Labute approximate surface area is 208 Å². The molecule has 4 aromatic rings. The van der Waals surface area contributed by atoms with Crippen LogP contribution in [0.3, 0.4) is 0 Å². The van der Waals surface area contributed by atoms with E-state index in [1.807, 2.05) is 30.3 Å². The number of benzene rings is 3. The first kappa shape index (κ1) is 23.3. The summed E-state index contributed by atoms with van der Waals surface area (Å²) in [6.07, 6.45) is 3.52. The fourth-order valence-corrected chi connectivity index (χ4v) is 3.99. The number of rotatable bonds is 8. The number of carbonyl (C=O) groups is 2. The van der Waals surface area contributed by atoms with Crippen LogP contribution in [0.4, 0.5) is 10.3 Å². The lowest BCUT2D eigenvalue weighted by molar-refractivity contribution is -0.117. The van der Waals surface area contributed by atoms with Gasteiger partial charge in [-0.15, -0.1) is 0 Å². The maximum Gasteiger partial charge on any atom is 0.254 e. The molecule has 2 amide bonds. The van der Waals surface area contributed by atoms with E-state index in [1.165, 1.54) is 12.1 Å². The summed E-state index contributed by atoms with van der Waals surface area (Å²) in [5, 5.41) is 2.86. The number of anilines is 1. The molecule has 1 N–H and O–H groups in total. The highest BCUT2D eigenvalue weighted by Gasteiger charge is 2.34. The van der Waals surface area contributed by atoms with Crippen LogP contribution in [0.15, 0.2) is 85.1 Å². The average molecular weight is 485 g/mol. The number of aromatic nitrogens is 2. The van der Waals surface area contributed by atoms with Crippen molar-refractivity contribution in [3.05, 3.63) is 96.4 Å². The predicted octanol–water partition coefficient (Wildman–Crippen LogP) is 4.93. The summed E-state index contributed by atoms with van der Waals surface area (Å²) in [5.74, 6) is 0.101. The van der Waals surface area contributed by atoms with Crippen molar-refractivity contribution in [2.45, 2.75) is 18.9 Å². The number of nitrogens with zero attached hydrogens (tertiary/aromatic N) is 3. The lowest BCUT2D eigenvalue weighted by atomic mass is 10.1. The molecule has 1 aromatic heterocycles. The molecular weight excluding hydrogens is 459 g/mol. The highest BCUT2D eigenvalue weighted by Crippen LogP contribution is 2.29. The van der Waals surface area contributed by atoms with Gasteiger partial charge in [0.1, 0.15) is 18.1 Å². The lowest BCUT2D eigenvalue weighted by Gasteiger charge is -2.22. The summed E-state index contributed by atoms with van der Waals surface area (Å²) < 4.78 is 20.5. The SMILES string of the molecule is COc1ccc(-c2cn(-c3ccc(F)cc3)c(NC(=O)CN(C(=O)c3ccccc3)C3CC3)n2)cc1. The number of hydrogen-bond acceptors (Lipinski definition) is 4. The molecule has 1 saturated carbocycles. The number of nitrogens with one attached hydrogen (secondary N) is 1. The topological polar surface area (TPSA) is 76.5 Å². The van der Waals surface area contributed by atoms with E-state index in [1.54, 1.807) is 59.2 Å². The van der Waals surface area contributed by atoms with E-state index in [0.717, 1.165) is 18.4 Å². The second kappa shape index (κ2) is 10.0. The Morgan fingerprint density at radius 1 is 1.03 bits per heavy atom. The van der Waals surface area contributed by atoms with Crippen molar-refractivity contribution in [2.75, 3.05) is 19.0 Å². The minimum Gasteiger partial charge on any atom is -0.497 e. The Kier molecular flexibility index (Phi) is 6.49. The molecule has 182 valence electrons. The molecule has 1 aliphatic rings. The second-order valence-corrected chi connectivity index (χ2v) is 8.60. The quantitative estimate of drug-likeness (QED) is 0.385. The van der Waals surface area contributed by atoms with Gasteiger partial charge in [0.05, 0.1) is 12.8 Å². The fraction of sp³-hybridized carbons (Fsp3) is 0.179. The summed E-state index contributed by atoms with van der Waals surface area (Å²) in [6, 6.07) is 22.3. The van der Waals surface area contributed by atoms with E-state index >= 15 is 0 Å². The lowest BCUT2D eigenvalue weighted by Crippen LogP contribution is -2.39. The van der Waals surface area contributed by atoms with Gasteiger partial charge < -0.3 is 9.64 Å². The van der Waals surface area contributed by atoms with Crippen LogP contribution in [0.5, 0.6) is 5.75 Å². The van der Waals surface area contributed by atoms with Crippen LogP contribution in [0.2, 0.25) is 0 Å². The van der Waals surface area contributed by atoms with Crippen LogP contribution in [-0.2, 0) is 4.79 Å². The van der Waals surface area contributed by atoms with Gasteiger partial charge in [0, 0.05) is 29.1 Å². The second-order valence-electron chi connectivity index (χ2n) is 8.60. The number of halogens is 1. The molecule has 36 heavy (non-hydrogen) atoms. The monoisotopic (exact) mass is 484 g/mol. The average Bonchev–Trinajstić information content (AvgIpc) is 3.68. The number of methoxy groups -OCH3 is 1. The van der Waals surface area contributed by atoms with Gasteiger partial charge in [-0.25, -0.2) is 9.37 Å². The van der Waals surface area contributed by atoms with Gasteiger partial charge in [-0.05, 0) is 73.5 Å². The van der Waals surface area contributed by atoms with E-state index in [4.69, 9.17) is 4.74 Å². The van der Waals surface area contributed by atoms with E-state index in [9.17, 15) is 14.0 Å². The third-order valence-corrected chi connectivity index (χ3v) is 6.03. The highest BCUT2D eigenvalue weighted by molar-refractivity contribution is 5.99. The minimum atomic E-state index is -0.362. The summed E-state index contributed by atoms with van der Waals surface area (Å²) in [6.45, 7) is -0.0907. The van der Waals surface area contributed by atoms with Gasteiger partial charge in [0.15, 0.2) is 0 Å². The fourth-order valence-electron chi connectivity index (χ4n) is 3.99. The van der Waals surface area contributed by atoms with E-state index < -0.39 is 0 Å². The van der Waals surface area contributed by atoms with Crippen LogP contribution in [-0.4, -0.2) is 46.0 Å². The Morgan fingerprint density at radius 2 is 1.72 bits per heavy atom. The summed E-state index contributed by atoms with van der Waals surface area (Å²) in [7, 11) is 1.60. The minimum absolute atomic E-state index is 0.0511. The molecule has 8 heteroatoms. The van der Waals surface area contributed by atoms with Gasteiger partial charge in [-0.3, -0.25) is 19.5 Å². The third-order valence-electron chi connectivity index (χ3n) is 6.03. The Hall–Kier alpha value is -4.46. The maximum absolute atomic E-state index is 13.6. The molecule has 1 fully saturated rings. The molecule has 0 saturated heterocycles. The molecule has 0 aliphatic heterocycles. The van der Waals surface area contributed by atoms with Crippen molar-refractivity contribution in [3.63, 3.8) is 0 Å². The molecule has 1 heterocycles. The molecule has 0 atom stereocenters. The number of hydrogen-bond donors (Lipinski definition) is 1. The normalized spacial score (nSPS) is 12.7. The van der Waals surface area contributed by atoms with Gasteiger partial charge in [-0.1, -0.05) is 18.2 Å². The zero-order valence-corrected chi connectivity index (χ0v) is 19.7. The van der Waals surface area contributed by atoms with Crippen molar-refractivity contribution in [1.29, 1.82) is 0 Å². The first-order valence-electron chi connectivity index (χ1n) is 11.7. The van der Waals surface area contributed by atoms with E-state index in [0.29, 0.717) is 22.7 Å². The van der Waals surface area contributed by atoms with Crippen LogP contribution in [0, 0.1) is 5.82 Å². The molecule has 5 rings (SSSR count). The molecule has 0 bridgehead atoms. The van der Waals surface area contributed by atoms with E-state index in [-0.39, 0.29) is 36.2 Å². The number of imidazole rings is 1.